The van der Waals surface area contributed by atoms with Crippen molar-refractivity contribution in [3.05, 3.63) is 64.1 Å². The van der Waals surface area contributed by atoms with E-state index in [1.807, 2.05) is 0 Å². The molecule has 1 unspecified atom stereocenters. The lowest BCUT2D eigenvalue weighted by molar-refractivity contribution is 0.678. The third-order valence-electron chi connectivity index (χ3n) is 3.75. The maximum atomic E-state index is 3.72. The Hall–Kier alpha value is -1.28. The number of halogens is 1. The van der Waals surface area contributed by atoms with Gasteiger partial charge in [0.1, 0.15) is 0 Å². The van der Waals surface area contributed by atoms with Crippen molar-refractivity contribution in [1.29, 1.82) is 0 Å². The molecule has 2 aromatic rings. The molecule has 3 rings (SSSR count). The average Bonchev–Trinajstić information content (AvgIpc) is 3.26. The van der Waals surface area contributed by atoms with Gasteiger partial charge < -0.3 is 5.32 Å². The van der Waals surface area contributed by atoms with E-state index in [9.17, 15) is 0 Å². The molecule has 1 aliphatic carbocycles. The number of hydrogen-bond donors (Lipinski definition) is 1. The van der Waals surface area contributed by atoms with Gasteiger partial charge in [0.15, 0.2) is 0 Å². The van der Waals surface area contributed by atoms with E-state index in [1.165, 1.54) is 34.1 Å². The van der Waals surface area contributed by atoms with Crippen LogP contribution >= 0.6 is 15.9 Å². The van der Waals surface area contributed by atoms with Crippen molar-refractivity contribution in [2.75, 3.05) is 5.32 Å². The van der Waals surface area contributed by atoms with Gasteiger partial charge >= 0.3 is 0 Å². The molecule has 0 spiro atoms. The zero-order valence-corrected chi connectivity index (χ0v) is 12.7. The van der Waals surface area contributed by atoms with Crippen LogP contribution in [0.15, 0.2) is 53.0 Å². The van der Waals surface area contributed by atoms with E-state index in [1.54, 1.807) is 0 Å². The molecule has 1 nitrogen and oxygen atoms in total. The maximum Gasteiger partial charge on any atom is 0.0542 e. The van der Waals surface area contributed by atoms with Crippen LogP contribution in [0, 0.1) is 12.8 Å². The van der Waals surface area contributed by atoms with Crippen molar-refractivity contribution < 1.29 is 0 Å². The molecule has 0 aromatic heterocycles. The molecule has 0 amide bonds. The fourth-order valence-corrected chi connectivity index (χ4v) is 2.87. The molecule has 1 fully saturated rings. The third kappa shape index (κ3) is 2.84. The Morgan fingerprint density at radius 3 is 2.47 bits per heavy atom. The second-order valence-corrected chi connectivity index (χ2v) is 6.10. The first kappa shape index (κ1) is 12.7. The molecule has 0 heterocycles. The Balaban J connectivity index is 1.88. The number of aryl methyl sites for hydroxylation is 1. The van der Waals surface area contributed by atoms with Crippen LogP contribution in [0.5, 0.6) is 0 Å². The standard InChI is InChI=1S/C17H18BrN/c1-12-6-5-9-15(16(12)18)19-17(14-10-11-14)13-7-3-2-4-8-13/h2-9,14,17,19H,10-11H2,1H3. The van der Waals surface area contributed by atoms with Crippen molar-refractivity contribution in [3.63, 3.8) is 0 Å². The summed E-state index contributed by atoms with van der Waals surface area (Å²) in [4.78, 5) is 0. The summed E-state index contributed by atoms with van der Waals surface area (Å²) in [6, 6.07) is 17.6. The lowest BCUT2D eigenvalue weighted by atomic mass is 10.0. The number of anilines is 1. The number of nitrogens with one attached hydrogen (secondary N) is 1. The second-order valence-electron chi connectivity index (χ2n) is 5.31. The summed E-state index contributed by atoms with van der Waals surface area (Å²) in [5, 5.41) is 3.72. The van der Waals surface area contributed by atoms with E-state index in [2.05, 4.69) is 76.7 Å². The second kappa shape index (κ2) is 5.38. The summed E-state index contributed by atoms with van der Waals surface area (Å²) in [7, 11) is 0. The molecule has 0 aliphatic heterocycles. The van der Waals surface area contributed by atoms with E-state index in [4.69, 9.17) is 0 Å². The van der Waals surface area contributed by atoms with Crippen molar-refractivity contribution in [2.45, 2.75) is 25.8 Å². The Bertz CT molecular complexity index is 561. The van der Waals surface area contributed by atoms with E-state index in [0.29, 0.717) is 6.04 Å². The van der Waals surface area contributed by atoms with Gasteiger partial charge in [-0.3, -0.25) is 0 Å². The van der Waals surface area contributed by atoms with Crippen molar-refractivity contribution >= 4 is 21.6 Å². The monoisotopic (exact) mass is 315 g/mol. The fourth-order valence-electron chi connectivity index (χ4n) is 2.49. The molecule has 1 atom stereocenters. The summed E-state index contributed by atoms with van der Waals surface area (Å²) in [5.74, 6) is 0.773. The Morgan fingerprint density at radius 2 is 1.79 bits per heavy atom. The van der Waals surface area contributed by atoms with Gasteiger partial charge in [0, 0.05) is 10.2 Å². The van der Waals surface area contributed by atoms with Crippen LogP contribution in [0.25, 0.3) is 0 Å². The van der Waals surface area contributed by atoms with Crippen LogP contribution in [0.4, 0.5) is 5.69 Å². The quantitative estimate of drug-likeness (QED) is 0.805. The first-order valence-corrected chi connectivity index (χ1v) is 7.61. The highest BCUT2D eigenvalue weighted by molar-refractivity contribution is 9.10. The maximum absolute atomic E-state index is 3.72. The Kier molecular flexibility index (Phi) is 3.61. The molecule has 2 heteroatoms. The predicted octanol–water partition coefficient (Wildman–Crippen LogP) is 5.32. The van der Waals surface area contributed by atoms with Crippen molar-refractivity contribution in [1.82, 2.24) is 0 Å². The Morgan fingerprint density at radius 1 is 1.05 bits per heavy atom. The van der Waals surface area contributed by atoms with Crippen LogP contribution in [-0.4, -0.2) is 0 Å². The molecule has 0 radical (unpaired) electrons. The SMILES string of the molecule is Cc1cccc(NC(c2ccccc2)C2CC2)c1Br. The lowest BCUT2D eigenvalue weighted by Crippen LogP contribution is -2.13. The van der Waals surface area contributed by atoms with E-state index >= 15 is 0 Å². The first-order valence-electron chi connectivity index (χ1n) is 6.82. The summed E-state index contributed by atoms with van der Waals surface area (Å²) < 4.78 is 1.18. The summed E-state index contributed by atoms with van der Waals surface area (Å²) in [6.45, 7) is 2.13. The topological polar surface area (TPSA) is 12.0 Å². The minimum absolute atomic E-state index is 0.430. The van der Waals surface area contributed by atoms with Gasteiger partial charge in [0.2, 0.25) is 0 Å². The molecular weight excluding hydrogens is 298 g/mol. The number of benzene rings is 2. The van der Waals surface area contributed by atoms with E-state index in [-0.39, 0.29) is 0 Å². The fraction of sp³-hybridized carbons (Fsp3) is 0.294. The molecular formula is C17H18BrN. The van der Waals surface area contributed by atoms with E-state index < -0.39 is 0 Å². The first-order chi connectivity index (χ1) is 9.25. The van der Waals surface area contributed by atoms with Gasteiger partial charge in [-0.25, -0.2) is 0 Å². The van der Waals surface area contributed by atoms with Gasteiger partial charge in [0.05, 0.1) is 6.04 Å². The highest BCUT2D eigenvalue weighted by Crippen LogP contribution is 2.43. The van der Waals surface area contributed by atoms with Crippen LogP contribution < -0.4 is 5.32 Å². The highest BCUT2D eigenvalue weighted by Gasteiger charge is 2.32. The van der Waals surface area contributed by atoms with Crippen LogP contribution in [0.1, 0.15) is 30.0 Å². The summed E-state index contributed by atoms with van der Waals surface area (Å²) >= 11 is 3.69. The van der Waals surface area contributed by atoms with E-state index in [0.717, 1.165) is 5.92 Å². The number of rotatable bonds is 4. The van der Waals surface area contributed by atoms with Gasteiger partial charge in [-0.05, 0) is 58.8 Å². The molecule has 1 N–H and O–H groups in total. The molecule has 1 saturated carbocycles. The highest BCUT2D eigenvalue weighted by atomic mass is 79.9. The molecule has 1 aliphatic rings. The van der Waals surface area contributed by atoms with Crippen molar-refractivity contribution in [3.8, 4) is 0 Å². The smallest absolute Gasteiger partial charge is 0.0542 e. The lowest BCUT2D eigenvalue weighted by Gasteiger charge is -2.21. The van der Waals surface area contributed by atoms with Gasteiger partial charge in [-0.15, -0.1) is 0 Å². The molecule has 0 saturated heterocycles. The largest absolute Gasteiger partial charge is 0.377 e. The normalized spacial score (nSPS) is 16.1. The Labute approximate surface area is 123 Å². The van der Waals surface area contributed by atoms with Gasteiger partial charge in [0.25, 0.3) is 0 Å². The molecule has 19 heavy (non-hydrogen) atoms. The predicted molar refractivity (Wildman–Crippen MR) is 84.4 cm³/mol. The zero-order valence-electron chi connectivity index (χ0n) is 11.1. The molecule has 98 valence electrons. The summed E-state index contributed by atoms with van der Waals surface area (Å²) in [6.07, 6.45) is 2.66. The molecule has 2 aromatic carbocycles. The van der Waals surface area contributed by atoms with Crippen LogP contribution in [-0.2, 0) is 0 Å². The average molecular weight is 316 g/mol. The van der Waals surface area contributed by atoms with Gasteiger partial charge in [-0.1, -0.05) is 42.5 Å². The van der Waals surface area contributed by atoms with Crippen LogP contribution in [0.2, 0.25) is 0 Å². The molecule has 0 bridgehead atoms. The minimum Gasteiger partial charge on any atom is -0.377 e. The minimum atomic E-state index is 0.430. The van der Waals surface area contributed by atoms with Crippen molar-refractivity contribution in [2.24, 2.45) is 5.92 Å². The number of hydrogen-bond acceptors (Lipinski definition) is 1. The zero-order chi connectivity index (χ0) is 13.2. The summed E-state index contributed by atoms with van der Waals surface area (Å²) in [5.41, 5.74) is 3.85. The van der Waals surface area contributed by atoms with Gasteiger partial charge in [-0.2, -0.15) is 0 Å². The van der Waals surface area contributed by atoms with Crippen LogP contribution in [0.3, 0.4) is 0 Å². The third-order valence-corrected chi connectivity index (χ3v) is 4.81.